The van der Waals surface area contributed by atoms with E-state index >= 15 is 0 Å². The second kappa shape index (κ2) is 8.88. The Bertz CT molecular complexity index is 1320. The number of carbonyl (C=O) groups excluding carboxylic acids is 1. The van der Waals surface area contributed by atoms with Gasteiger partial charge in [0.2, 0.25) is 5.91 Å². The maximum Gasteiger partial charge on any atom is 0.387 e. The zero-order valence-corrected chi connectivity index (χ0v) is 19.1. The number of carbonyl (C=O) groups is 1. The monoisotopic (exact) mass is 504 g/mol. The Hall–Kier alpha value is -3.60. The van der Waals surface area contributed by atoms with E-state index in [2.05, 4.69) is 36.5 Å². The molecule has 0 bridgehead atoms. The maximum atomic E-state index is 14.8. The Morgan fingerprint density at radius 1 is 1.26 bits per heavy atom. The van der Waals surface area contributed by atoms with Gasteiger partial charge in [0.25, 0.3) is 0 Å². The van der Waals surface area contributed by atoms with E-state index in [-0.39, 0.29) is 23.0 Å². The fraction of sp³-hybridized carbons (Fsp3) is 0.304. The van der Waals surface area contributed by atoms with Gasteiger partial charge in [-0.15, -0.1) is 0 Å². The third kappa shape index (κ3) is 4.31. The first-order chi connectivity index (χ1) is 16.8. The lowest BCUT2D eigenvalue weighted by molar-refractivity contribution is -0.129. The maximum absolute atomic E-state index is 14.8. The van der Waals surface area contributed by atoms with Crippen LogP contribution in [0, 0.1) is 5.82 Å². The average Bonchev–Trinajstić information content (AvgIpc) is 3.62. The standard InChI is InChI=1S/C23H20ClF3N6O2/c1-2-18(34)33-8-7-32(11-23(33)5-6-23)17-9-13-15(10-28-17)29-12-30-21(13)31-14-3-4-16(35-22(26)27)19(24)20(14)25/h2-4,9-10,12,22H,1,5-8,11H2,(H,29,30,31). The summed E-state index contributed by atoms with van der Waals surface area (Å²) >= 11 is 5.87. The van der Waals surface area contributed by atoms with E-state index in [1.807, 2.05) is 4.90 Å². The molecule has 2 aliphatic rings. The number of nitrogens with zero attached hydrogens (tertiary/aromatic N) is 5. The van der Waals surface area contributed by atoms with E-state index in [4.69, 9.17) is 11.6 Å². The zero-order valence-electron chi connectivity index (χ0n) is 18.3. The third-order valence-electron chi connectivity index (χ3n) is 6.27. The molecule has 0 unspecified atom stereocenters. The van der Waals surface area contributed by atoms with Gasteiger partial charge in [-0.05, 0) is 37.1 Å². The molecule has 1 saturated carbocycles. The SMILES string of the molecule is C=CC(=O)N1CCN(c2cc3c(Nc4ccc(OC(F)F)c(Cl)c4F)ncnc3cn2)CC12CC2. The molecule has 12 heteroatoms. The Labute approximate surface area is 203 Å². The van der Waals surface area contributed by atoms with Crippen LogP contribution in [0.15, 0.2) is 43.4 Å². The Balaban J connectivity index is 1.43. The Morgan fingerprint density at radius 2 is 2.06 bits per heavy atom. The van der Waals surface area contributed by atoms with Crippen LogP contribution in [0.25, 0.3) is 10.9 Å². The van der Waals surface area contributed by atoms with Crippen LogP contribution in [0.2, 0.25) is 5.02 Å². The van der Waals surface area contributed by atoms with Crippen molar-refractivity contribution in [1.82, 2.24) is 19.9 Å². The number of hydrogen-bond acceptors (Lipinski definition) is 7. The number of amides is 1. The normalized spacial score (nSPS) is 16.6. The highest BCUT2D eigenvalue weighted by molar-refractivity contribution is 6.32. The molecule has 1 spiro atoms. The largest absolute Gasteiger partial charge is 0.433 e. The van der Waals surface area contributed by atoms with E-state index in [9.17, 15) is 18.0 Å². The number of ether oxygens (including phenoxy) is 1. The van der Waals surface area contributed by atoms with Crippen molar-refractivity contribution in [2.45, 2.75) is 25.0 Å². The van der Waals surface area contributed by atoms with Crippen molar-refractivity contribution in [3.63, 3.8) is 0 Å². The van der Waals surface area contributed by atoms with Gasteiger partial charge in [-0.3, -0.25) is 4.79 Å². The van der Waals surface area contributed by atoms with Gasteiger partial charge in [0, 0.05) is 25.0 Å². The van der Waals surface area contributed by atoms with Gasteiger partial charge < -0.3 is 19.9 Å². The second-order valence-electron chi connectivity index (χ2n) is 8.36. The molecule has 1 aliphatic heterocycles. The minimum atomic E-state index is -3.13. The van der Waals surface area contributed by atoms with Gasteiger partial charge in [-0.2, -0.15) is 8.78 Å². The molecule has 3 heterocycles. The molecule has 1 aliphatic carbocycles. The second-order valence-corrected chi connectivity index (χ2v) is 8.74. The van der Waals surface area contributed by atoms with Crippen LogP contribution in [0.5, 0.6) is 5.75 Å². The van der Waals surface area contributed by atoms with E-state index in [0.717, 1.165) is 18.9 Å². The molecule has 2 aromatic heterocycles. The summed E-state index contributed by atoms with van der Waals surface area (Å²) in [4.78, 5) is 29.2. The summed E-state index contributed by atoms with van der Waals surface area (Å²) in [5.41, 5.74) is 0.247. The number of benzene rings is 1. The number of nitrogens with one attached hydrogen (secondary N) is 1. The highest BCUT2D eigenvalue weighted by Crippen LogP contribution is 2.45. The number of anilines is 3. The average molecular weight is 505 g/mol. The van der Waals surface area contributed by atoms with Crippen molar-refractivity contribution in [2.24, 2.45) is 0 Å². The lowest BCUT2D eigenvalue weighted by Gasteiger charge is -2.42. The van der Waals surface area contributed by atoms with E-state index < -0.39 is 23.2 Å². The minimum absolute atomic E-state index is 0.0662. The summed E-state index contributed by atoms with van der Waals surface area (Å²) in [5, 5.41) is 2.87. The molecule has 3 aromatic rings. The number of halogens is 4. The molecular formula is C23H20ClF3N6O2. The van der Waals surface area contributed by atoms with Gasteiger partial charge in [0.05, 0.1) is 22.9 Å². The highest BCUT2D eigenvalue weighted by atomic mass is 35.5. The predicted molar refractivity (Wildman–Crippen MR) is 125 cm³/mol. The van der Waals surface area contributed by atoms with Crippen molar-refractivity contribution in [3.8, 4) is 5.75 Å². The number of alkyl halides is 2. The van der Waals surface area contributed by atoms with E-state index in [1.165, 1.54) is 18.5 Å². The van der Waals surface area contributed by atoms with Gasteiger partial charge in [-0.25, -0.2) is 19.3 Å². The van der Waals surface area contributed by atoms with Gasteiger partial charge in [0.1, 0.15) is 28.7 Å². The molecule has 182 valence electrons. The molecule has 1 saturated heterocycles. The third-order valence-corrected chi connectivity index (χ3v) is 6.62. The number of piperazine rings is 1. The Morgan fingerprint density at radius 3 is 2.77 bits per heavy atom. The number of hydrogen-bond donors (Lipinski definition) is 1. The van der Waals surface area contributed by atoms with E-state index in [1.54, 1.807) is 12.3 Å². The topological polar surface area (TPSA) is 83.5 Å². The summed E-state index contributed by atoms with van der Waals surface area (Å²) in [6.45, 7) is 2.25. The van der Waals surface area contributed by atoms with Crippen LogP contribution < -0.4 is 15.0 Å². The number of rotatable bonds is 6. The summed E-state index contributed by atoms with van der Waals surface area (Å²) in [5.74, 6) is -0.528. The molecule has 8 nitrogen and oxygen atoms in total. The van der Waals surface area contributed by atoms with Crippen LogP contribution >= 0.6 is 11.6 Å². The molecule has 35 heavy (non-hydrogen) atoms. The van der Waals surface area contributed by atoms with Crippen molar-refractivity contribution in [2.75, 3.05) is 29.9 Å². The van der Waals surface area contributed by atoms with Crippen LogP contribution in [0.1, 0.15) is 12.8 Å². The first kappa shape index (κ1) is 23.2. The minimum Gasteiger partial charge on any atom is -0.433 e. The van der Waals surface area contributed by atoms with E-state index in [0.29, 0.717) is 36.4 Å². The number of aromatic nitrogens is 3. The molecule has 2 fully saturated rings. The van der Waals surface area contributed by atoms with Crippen molar-refractivity contribution < 1.29 is 22.7 Å². The van der Waals surface area contributed by atoms with Crippen molar-refractivity contribution in [1.29, 1.82) is 0 Å². The molecule has 1 N–H and O–H groups in total. The Kier molecular flexibility index (Phi) is 5.87. The highest BCUT2D eigenvalue weighted by Gasteiger charge is 2.52. The summed E-state index contributed by atoms with van der Waals surface area (Å²) in [6.07, 6.45) is 6.08. The first-order valence-corrected chi connectivity index (χ1v) is 11.2. The quantitative estimate of drug-likeness (QED) is 0.494. The lowest BCUT2D eigenvalue weighted by atomic mass is 10.1. The van der Waals surface area contributed by atoms with Gasteiger partial charge in [0.15, 0.2) is 5.82 Å². The predicted octanol–water partition coefficient (Wildman–Crippen LogP) is 4.53. The fourth-order valence-electron chi connectivity index (χ4n) is 4.36. The van der Waals surface area contributed by atoms with Crippen LogP contribution in [0.4, 0.5) is 30.5 Å². The van der Waals surface area contributed by atoms with Gasteiger partial charge >= 0.3 is 6.61 Å². The van der Waals surface area contributed by atoms with Crippen molar-refractivity contribution >= 4 is 45.7 Å². The molecule has 0 atom stereocenters. The fourth-order valence-corrected chi connectivity index (χ4v) is 4.57. The zero-order chi connectivity index (χ0) is 24.7. The van der Waals surface area contributed by atoms with Crippen molar-refractivity contribution in [3.05, 3.63) is 54.2 Å². The number of fused-ring (bicyclic) bond motifs is 1. The molecule has 0 radical (unpaired) electrons. The number of pyridine rings is 1. The van der Waals surface area contributed by atoms with Crippen LogP contribution in [0.3, 0.4) is 0 Å². The molecule has 1 aromatic carbocycles. The summed E-state index contributed by atoms with van der Waals surface area (Å²) < 4.78 is 44.0. The van der Waals surface area contributed by atoms with Crippen LogP contribution in [-0.2, 0) is 4.79 Å². The lowest BCUT2D eigenvalue weighted by Crippen LogP contribution is -2.57. The summed E-state index contributed by atoms with van der Waals surface area (Å²) in [6, 6.07) is 4.18. The first-order valence-electron chi connectivity index (χ1n) is 10.8. The summed E-state index contributed by atoms with van der Waals surface area (Å²) in [7, 11) is 0. The molecule has 1 amide bonds. The smallest absolute Gasteiger partial charge is 0.387 e. The van der Waals surface area contributed by atoms with Crippen LogP contribution in [-0.4, -0.2) is 57.5 Å². The van der Waals surface area contributed by atoms with Gasteiger partial charge in [-0.1, -0.05) is 18.2 Å². The molecular weight excluding hydrogens is 485 g/mol. The molecule has 5 rings (SSSR count).